The number of hydrogen-bond acceptors (Lipinski definition) is 6. The summed E-state index contributed by atoms with van der Waals surface area (Å²) >= 11 is 37.2. The molecule has 3 atom stereocenters. The summed E-state index contributed by atoms with van der Waals surface area (Å²) in [5, 5.41) is 24.3. The molecule has 0 aliphatic rings. The number of benzene rings is 6. The minimum absolute atomic E-state index is 0.0412. The summed E-state index contributed by atoms with van der Waals surface area (Å²) in [5.41, 5.74) is 6.43. The third-order valence-electron chi connectivity index (χ3n) is 13.8. The van der Waals surface area contributed by atoms with E-state index in [9.17, 15) is 31.9 Å². The molecule has 456 valence electrons. The molecular weight excluding hydrogens is 1360 g/mol. The van der Waals surface area contributed by atoms with E-state index >= 15 is 0 Å². The van der Waals surface area contributed by atoms with Gasteiger partial charge in [-0.3, -0.25) is 14.4 Å². The Kier molecular flexibility index (Phi) is 22.8. The SMILES string of the molecule is Cc1c(C(=O)N[C@@H](C)c2ccc(F)c(C(F)(F)F)c2)cnn1-c1ccc(Cl)cc1.Cc1c(C(=O)N[C@@H](CC(C)(C)C)c2cccc(Br)c2)cnn1-c1ccc(Cl)c(Cl)c1.Cc1c(C(=O)N[C@H](c2cccc(Br)c2)C(C)C)cnn1-c1ccc(Cl)c(Cl)c1. The van der Waals surface area contributed by atoms with Crippen LogP contribution in [-0.4, -0.2) is 47.1 Å². The van der Waals surface area contributed by atoms with Crippen LogP contribution < -0.4 is 16.0 Å². The van der Waals surface area contributed by atoms with Crippen LogP contribution in [0, 0.1) is 37.9 Å². The molecule has 3 amide bonds. The number of nitrogens with one attached hydrogen (secondary N) is 3. The van der Waals surface area contributed by atoms with E-state index in [0.29, 0.717) is 53.7 Å². The van der Waals surface area contributed by atoms with Crippen molar-refractivity contribution in [1.29, 1.82) is 0 Å². The predicted octanol–water partition coefficient (Wildman–Crippen LogP) is 19.0. The van der Waals surface area contributed by atoms with Gasteiger partial charge in [0.1, 0.15) is 5.82 Å². The quantitative estimate of drug-likeness (QED) is 0.0926. The standard InChI is InChI=1S/C23H24BrCl2N3O.C21H20BrCl2N3O.C20H16ClF4N3O/c1-14-18(13-27-29(14)17-8-9-19(25)20(26)11-17)22(30)28-21(12-23(2,3)4)15-6-5-7-16(24)10-15;1-12(2)20(14-5-4-6-15(22)9-14)26-21(28)17-11-25-27(13(17)3)16-7-8-18(23)19(24)10-16;1-11(13-3-8-18(22)17(9-13)20(23,24)25)27-19(29)16-10-26-28(12(16)2)15-6-4-14(21)5-7-15/h5-11,13,21H,12H2,1-4H3,(H,28,30);4-12,20H,1-3H3,(H,26,28);3-11H,1-2H3,(H,27,29)/t21-;20-;11-/m000/s1. The smallest absolute Gasteiger partial charge is 0.345 e. The predicted molar refractivity (Wildman–Crippen MR) is 345 cm³/mol. The van der Waals surface area contributed by atoms with Crippen molar-refractivity contribution < 1.29 is 31.9 Å². The van der Waals surface area contributed by atoms with Gasteiger partial charge in [0.05, 0.1) is 113 Å². The molecule has 0 bridgehead atoms. The molecule has 3 heterocycles. The summed E-state index contributed by atoms with van der Waals surface area (Å²) < 4.78 is 59.1. The normalized spacial score (nSPS) is 12.5. The lowest BCUT2D eigenvalue weighted by atomic mass is 9.85. The lowest BCUT2D eigenvalue weighted by molar-refractivity contribution is -0.140. The van der Waals surface area contributed by atoms with Crippen LogP contribution in [0.25, 0.3) is 17.1 Å². The third kappa shape index (κ3) is 17.6. The maximum Gasteiger partial charge on any atom is 0.419 e. The molecule has 9 aromatic rings. The second-order valence-corrected chi connectivity index (χ2v) is 25.8. The van der Waals surface area contributed by atoms with Crippen LogP contribution in [-0.2, 0) is 6.18 Å². The van der Waals surface area contributed by atoms with Crippen LogP contribution in [0.1, 0.15) is 136 Å². The molecule has 0 saturated carbocycles. The highest BCUT2D eigenvalue weighted by Gasteiger charge is 2.35. The van der Waals surface area contributed by atoms with Crippen molar-refractivity contribution in [3.63, 3.8) is 0 Å². The first-order chi connectivity index (χ1) is 40.9. The monoisotopic (exact) mass is 1410 g/mol. The fourth-order valence-electron chi connectivity index (χ4n) is 9.26. The van der Waals surface area contributed by atoms with E-state index in [0.717, 1.165) is 55.3 Å². The van der Waals surface area contributed by atoms with Gasteiger partial charge in [0.2, 0.25) is 0 Å². The van der Waals surface area contributed by atoms with Crippen LogP contribution >= 0.6 is 89.9 Å². The van der Waals surface area contributed by atoms with Crippen LogP contribution in [0.15, 0.2) is 155 Å². The second-order valence-electron chi connectivity index (χ2n) is 21.9. The third-order valence-corrected chi connectivity index (χ3v) is 16.5. The first kappa shape index (κ1) is 68.0. The average Bonchev–Trinajstić information content (AvgIpc) is 2.16. The highest BCUT2D eigenvalue weighted by atomic mass is 79.9. The van der Waals surface area contributed by atoms with E-state index in [4.69, 9.17) is 58.0 Å². The molecule has 87 heavy (non-hydrogen) atoms. The largest absolute Gasteiger partial charge is 0.419 e. The van der Waals surface area contributed by atoms with Crippen molar-refractivity contribution in [2.24, 2.45) is 11.3 Å². The number of nitrogens with zero attached hydrogens (tertiary/aromatic N) is 6. The summed E-state index contributed by atoms with van der Waals surface area (Å²) in [7, 11) is 0. The zero-order chi connectivity index (χ0) is 63.8. The Balaban J connectivity index is 0.000000187. The summed E-state index contributed by atoms with van der Waals surface area (Å²) in [6.45, 7) is 17.6. The molecule has 0 spiro atoms. The molecule has 9 rings (SSSR count). The van der Waals surface area contributed by atoms with Crippen LogP contribution in [0.5, 0.6) is 0 Å². The minimum atomic E-state index is -4.82. The number of carbonyl (C=O) groups excluding carboxylic acids is 3. The summed E-state index contributed by atoms with van der Waals surface area (Å²) in [4.78, 5) is 38.8. The van der Waals surface area contributed by atoms with E-state index in [1.165, 1.54) is 19.2 Å². The minimum Gasteiger partial charge on any atom is -0.345 e. The van der Waals surface area contributed by atoms with E-state index < -0.39 is 29.5 Å². The Bertz CT molecular complexity index is 3940. The number of rotatable bonds is 14. The molecule has 12 nitrogen and oxygen atoms in total. The van der Waals surface area contributed by atoms with Crippen molar-refractivity contribution >= 4 is 108 Å². The number of aromatic nitrogens is 6. The van der Waals surface area contributed by atoms with Gasteiger partial charge in [-0.1, -0.05) is 155 Å². The van der Waals surface area contributed by atoms with Gasteiger partial charge >= 0.3 is 6.18 Å². The first-order valence-corrected chi connectivity index (χ1v) is 30.5. The number of alkyl halides is 3. The van der Waals surface area contributed by atoms with Crippen LogP contribution in [0.4, 0.5) is 17.6 Å². The van der Waals surface area contributed by atoms with Crippen LogP contribution in [0.3, 0.4) is 0 Å². The topological polar surface area (TPSA) is 141 Å². The molecule has 0 saturated heterocycles. The fourth-order valence-corrected chi connectivity index (χ4v) is 10.8. The molecule has 0 fully saturated rings. The maximum absolute atomic E-state index is 13.5. The first-order valence-electron chi connectivity index (χ1n) is 27.0. The Morgan fingerprint density at radius 2 is 0.966 bits per heavy atom. The van der Waals surface area contributed by atoms with E-state index in [-0.39, 0.29) is 46.4 Å². The van der Waals surface area contributed by atoms with Crippen molar-refractivity contribution in [2.75, 3.05) is 0 Å². The maximum atomic E-state index is 13.5. The van der Waals surface area contributed by atoms with Crippen LogP contribution in [0.2, 0.25) is 25.1 Å². The van der Waals surface area contributed by atoms with E-state index in [2.05, 4.69) is 97.7 Å². The van der Waals surface area contributed by atoms with Crippen molar-refractivity contribution in [3.05, 3.63) is 242 Å². The molecule has 3 aromatic heterocycles. The van der Waals surface area contributed by atoms with Gasteiger partial charge in [0.15, 0.2) is 0 Å². The second kappa shape index (κ2) is 29.2. The zero-order valence-corrected chi connectivity index (χ0v) is 55.4. The van der Waals surface area contributed by atoms with Gasteiger partial charge in [-0.2, -0.15) is 28.5 Å². The number of carbonyl (C=O) groups is 3. The van der Waals surface area contributed by atoms with Crippen molar-refractivity contribution in [3.8, 4) is 17.1 Å². The molecule has 0 unspecified atom stereocenters. The van der Waals surface area contributed by atoms with Gasteiger partial charge in [-0.05, 0) is 159 Å². The van der Waals surface area contributed by atoms with Gasteiger partial charge < -0.3 is 16.0 Å². The van der Waals surface area contributed by atoms with Gasteiger partial charge in [-0.15, -0.1) is 0 Å². The van der Waals surface area contributed by atoms with Gasteiger partial charge in [-0.25, -0.2) is 18.4 Å². The molecule has 0 aliphatic heterocycles. The van der Waals surface area contributed by atoms with Crippen molar-refractivity contribution in [2.45, 2.75) is 93.0 Å². The van der Waals surface area contributed by atoms with E-state index in [1.807, 2.05) is 74.5 Å². The number of amides is 3. The lowest BCUT2D eigenvalue weighted by Crippen LogP contribution is -2.32. The Morgan fingerprint density at radius 1 is 0.529 bits per heavy atom. The molecule has 0 radical (unpaired) electrons. The van der Waals surface area contributed by atoms with Gasteiger partial charge in [0.25, 0.3) is 17.7 Å². The Labute approximate surface area is 544 Å². The summed E-state index contributed by atoms with van der Waals surface area (Å²) in [6, 6.07) is 35.0. The molecular formula is C64H60Br2Cl5F4N9O3. The van der Waals surface area contributed by atoms with Gasteiger partial charge in [0, 0.05) is 14.0 Å². The summed E-state index contributed by atoms with van der Waals surface area (Å²) in [6.07, 6.45) is 0.515. The lowest BCUT2D eigenvalue weighted by Gasteiger charge is -2.27. The van der Waals surface area contributed by atoms with Crippen molar-refractivity contribution in [1.82, 2.24) is 45.3 Å². The zero-order valence-electron chi connectivity index (χ0n) is 48.4. The highest BCUT2D eigenvalue weighted by Crippen LogP contribution is 2.35. The Morgan fingerprint density at radius 3 is 1.41 bits per heavy atom. The molecule has 23 heteroatoms. The Hall–Kier alpha value is -6.51. The number of hydrogen-bond donors (Lipinski definition) is 3. The summed E-state index contributed by atoms with van der Waals surface area (Å²) in [5.74, 6) is -1.97. The highest BCUT2D eigenvalue weighted by molar-refractivity contribution is 9.10. The molecule has 6 aromatic carbocycles. The van der Waals surface area contributed by atoms with E-state index in [1.54, 1.807) is 81.9 Å². The molecule has 0 aliphatic carbocycles. The fraction of sp³-hybridized carbons (Fsp3) is 0.250. The average molecular weight is 1420 g/mol. The molecule has 3 N–H and O–H groups in total. The number of halogens is 11.